The molecule has 0 saturated carbocycles. The maximum absolute atomic E-state index is 14.6. The second-order valence-corrected chi connectivity index (χ2v) is 9.68. The molecule has 0 radical (unpaired) electrons. The first-order valence-electron chi connectivity index (χ1n) is 12.1. The standard InChI is InChI=1S/C28H24FN5O4S/c1-14(32-36-4)27-25(28(35)30-2)17-10-16(21(33(3)39)12-24(17)38-27)19-8-9-23-26(31-19)22-11-15-18(29)6-5-7-20(15)34(22)13-37-23/h5-12,39H,13H2,1-4H3,(H,30,35)/b32-14+. The number of anilines is 1. The summed E-state index contributed by atoms with van der Waals surface area (Å²) in [5.74, 6) is 0.265. The number of hydrogen-bond donors (Lipinski definition) is 2. The Labute approximate surface area is 228 Å². The Bertz CT molecular complexity index is 1820. The topological polar surface area (TPSA) is 94.1 Å². The molecule has 3 aromatic heterocycles. The molecule has 6 rings (SSSR count). The van der Waals surface area contributed by atoms with Gasteiger partial charge in [-0.3, -0.25) is 4.79 Å². The minimum Gasteiger partial charge on any atom is -0.470 e. The quantitative estimate of drug-likeness (QED) is 0.169. The second kappa shape index (κ2) is 9.35. The van der Waals surface area contributed by atoms with Crippen LogP contribution in [0.1, 0.15) is 23.0 Å². The van der Waals surface area contributed by atoms with Crippen LogP contribution in [0.2, 0.25) is 0 Å². The van der Waals surface area contributed by atoms with E-state index < -0.39 is 0 Å². The summed E-state index contributed by atoms with van der Waals surface area (Å²) in [4.78, 5) is 22.8. The lowest BCUT2D eigenvalue weighted by Crippen LogP contribution is -2.20. The SMILES string of the molecule is CNC(=O)c1c(/C(C)=N/OC)oc2cc(N(C)S)c(-c3ccc4c(n3)-c3cc5c(F)cccc5n3CO4)cc12. The van der Waals surface area contributed by atoms with Crippen molar-refractivity contribution in [2.45, 2.75) is 13.7 Å². The molecule has 5 aromatic rings. The summed E-state index contributed by atoms with van der Waals surface area (Å²) in [5, 5.41) is 7.72. The van der Waals surface area contributed by atoms with Crippen molar-refractivity contribution in [3.8, 4) is 28.4 Å². The lowest BCUT2D eigenvalue weighted by atomic mass is 10.0. The van der Waals surface area contributed by atoms with Crippen LogP contribution in [0.4, 0.5) is 10.1 Å². The molecule has 11 heteroatoms. The largest absolute Gasteiger partial charge is 0.470 e. The molecule has 198 valence electrons. The van der Waals surface area contributed by atoms with Crippen LogP contribution in [0.25, 0.3) is 44.5 Å². The van der Waals surface area contributed by atoms with Crippen LogP contribution in [0.5, 0.6) is 5.75 Å². The van der Waals surface area contributed by atoms with E-state index in [2.05, 4.69) is 23.3 Å². The Balaban J connectivity index is 1.59. The zero-order chi connectivity index (χ0) is 27.4. The lowest BCUT2D eigenvalue weighted by molar-refractivity contribution is 0.0963. The smallest absolute Gasteiger partial charge is 0.255 e. The van der Waals surface area contributed by atoms with Gasteiger partial charge in [-0.1, -0.05) is 24.0 Å². The van der Waals surface area contributed by atoms with Crippen LogP contribution in [-0.2, 0) is 11.6 Å². The summed E-state index contributed by atoms with van der Waals surface area (Å²) < 4.78 is 30.2. The average Bonchev–Trinajstić information content (AvgIpc) is 3.51. The minimum absolute atomic E-state index is 0.253. The number of hydrogen-bond acceptors (Lipinski definition) is 8. The van der Waals surface area contributed by atoms with Crippen molar-refractivity contribution in [1.82, 2.24) is 14.9 Å². The number of fused-ring (bicyclic) bond motifs is 6. The fourth-order valence-electron chi connectivity index (χ4n) is 5.00. The number of furan rings is 1. The number of oxime groups is 1. The summed E-state index contributed by atoms with van der Waals surface area (Å²) in [6, 6.07) is 14.1. The van der Waals surface area contributed by atoms with Crippen molar-refractivity contribution >= 4 is 52.0 Å². The van der Waals surface area contributed by atoms with Gasteiger partial charge in [-0.15, -0.1) is 0 Å². The summed E-state index contributed by atoms with van der Waals surface area (Å²) in [7, 11) is 4.77. The molecular weight excluding hydrogens is 521 g/mol. The van der Waals surface area contributed by atoms with Crippen LogP contribution < -0.4 is 14.4 Å². The molecule has 1 amide bonds. The van der Waals surface area contributed by atoms with Crippen molar-refractivity contribution in [3.63, 3.8) is 0 Å². The molecule has 0 atom stereocenters. The maximum atomic E-state index is 14.6. The van der Waals surface area contributed by atoms with E-state index in [0.717, 1.165) is 11.2 Å². The number of amides is 1. The fraction of sp³-hybridized carbons (Fsp3) is 0.179. The lowest BCUT2D eigenvalue weighted by Gasteiger charge is -2.22. The van der Waals surface area contributed by atoms with E-state index in [1.807, 2.05) is 28.8 Å². The van der Waals surface area contributed by atoms with E-state index in [0.29, 0.717) is 61.8 Å². The highest BCUT2D eigenvalue weighted by atomic mass is 32.1. The van der Waals surface area contributed by atoms with Gasteiger partial charge in [0.2, 0.25) is 0 Å². The highest BCUT2D eigenvalue weighted by Gasteiger charge is 2.27. The van der Waals surface area contributed by atoms with Crippen molar-refractivity contribution in [2.75, 3.05) is 25.5 Å². The predicted molar refractivity (Wildman–Crippen MR) is 151 cm³/mol. The third-order valence-electron chi connectivity index (χ3n) is 6.78. The molecule has 1 aliphatic heterocycles. The number of ether oxygens (including phenoxy) is 1. The van der Waals surface area contributed by atoms with Gasteiger partial charge in [-0.05, 0) is 43.3 Å². The normalized spacial score (nSPS) is 12.7. The monoisotopic (exact) mass is 545 g/mol. The van der Waals surface area contributed by atoms with Gasteiger partial charge < -0.3 is 28.2 Å². The Kier molecular flexibility index (Phi) is 5.95. The van der Waals surface area contributed by atoms with E-state index in [-0.39, 0.29) is 18.5 Å². The number of halogens is 1. The van der Waals surface area contributed by atoms with E-state index >= 15 is 0 Å². The van der Waals surface area contributed by atoms with Gasteiger partial charge in [0.15, 0.2) is 12.5 Å². The first-order valence-corrected chi connectivity index (χ1v) is 12.5. The van der Waals surface area contributed by atoms with Crippen molar-refractivity contribution < 1.29 is 23.2 Å². The zero-order valence-corrected chi connectivity index (χ0v) is 22.5. The number of benzene rings is 2. The van der Waals surface area contributed by atoms with Gasteiger partial charge in [0, 0.05) is 36.5 Å². The van der Waals surface area contributed by atoms with Crippen LogP contribution in [0.15, 0.2) is 58.1 Å². The van der Waals surface area contributed by atoms with Crippen LogP contribution >= 0.6 is 12.8 Å². The molecule has 0 saturated heterocycles. The van der Waals surface area contributed by atoms with Crippen molar-refractivity contribution in [1.29, 1.82) is 0 Å². The highest BCUT2D eigenvalue weighted by Crippen LogP contribution is 2.42. The van der Waals surface area contributed by atoms with Crippen LogP contribution in [-0.4, -0.2) is 42.4 Å². The average molecular weight is 546 g/mol. The maximum Gasteiger partial charge on any atom is 0.255 e. The Morgan fingerprint density at radius 1 is 1.23 bits per heavy atom. The predicted octanol–water partition coefficient (Wildman–Crippen LogP) is 5.62. The van der Waals surface area contributed by atoms with E-state index in [4.69, 9.17) is 19.0 Å². The molecule has 0 bridgehead atoms. The number of rotatable bonds is 5. The molecule has 2 aromatic carbocycles. The van der Waals surface area contributed by atoms with E-state index in [1.54, 1.807) is 43.5 Å². The molecular formula is C28H24FN5O4S. The van der Waals surface area contributed by atoms with Gasteiger partial charge in [0.1, 0.15) is 35.7 Å². The summed E-state index contributed by atoms with van der Waals surface area (Å²) in [5.41, 5.74) is 5.32. The third kappa shape index (κ3) is 3.88. The Morgan fingerprint density at radius 2 is 2.05 bits per heavy atom. The van der Waals surface area contributed by atoms with Gasteiger partial charge in [0.25, 0.3) is 5.91 Å². The number of carbonyl (C=O) groups is 1. The molecule has 39 heavy (non-hydrogen) atoms. The van der Waals surface area contributed by atoms with Gasteiger partial charge in [-0.2, -0.15) is 0 Å². The fourth-order valence-corrected chi connectivity index (χ4v) is 5.17. The van der Waals surface area contributed by atoms with Crippen LogP contribution in [0.3, 0.4) is 0 Å². The number of pyridine rings is 1. The Hall–Kier alpha value is -4.51. The molecule has 1 N–H and O–H groups in total. The zero-order valence-electron chi connectivity index (χ0n) is 21.6. The number of carbonyl (C=O) groups excluding carboxylic acids is 1. The molecule has 0 fully saturated rings. The van der Waals surface area contributed by atoms with E-state index in [9.17, 15) is 9.18 Å². The number of thiol groups is 1. The summed E-state index contributed by atoms with van der Waals surface area (Å²) in [6.07, 6.45) is 0. The summed E-state index contributed by atoms with van der Waals surface area (Å²) in [6.45, 7) is 1.95. The molecule has 0 unspecified atom stereocenters. The minimum atomic E-state index is -0.328. The number of nitrogens with one attached hydrogen (secondary N) is 1. The molecule has 1 aliphatic rings. The van der Waals surface area contributed by atoms with Gasteiger partial charge >= 0.3 is 0 Å². The Morgan fingerprint density at radius 3 is 2.79 bits per heavy atom. The first kappa shape index (κ1) is 24.8. The molecule has 9 nitrogen and oxygen atoms in total. The second-order valence-electron chi connectivity index (χ2n) is 9.08. The highest BCUT2D eigenvalue weighted by molar-refractivity contribution is 7.81. The van der Waals surface area contributed by atoms with E-state index in [1.165, 1.54) is 13.2 Å². The molecule has 0 aliphatic carbocycles. The number of nitrogens with zero attached hydrogens (tertiary/aromatic N) is 4. The van der Waals surface area contributed by atoms with Crippen molar-refractivity contribution in [2.24, 2.45) is 5.16 Å². The van der Waals surface area contributed by atoms with Gasteiger partial charge in [-0.25, -0.2) is 9.37 Å². The van der Waals surface area contributed by atoms with Crippen LogP contribution in [0, 0.1) is 5.82 Å². The third-order valence-corrected chi connectivity index (χ3v) is 7.00. The first-order chi connectivity index (χ1) is 18.8. The van der Waals surface area contributed by atoms with Crippen molar-refractivity contribution in [3.05, 3.63) is 65.7 Å². The van der Waals surface area contributed by atoms with Gasteiger partial charge in [0.05, 0.1) is 28.2 Å². The summed E-state index contributed by atoms with van der Waals surface area (Å²) >= 11 is 4.56. The number of aromatic nitrogens is 2. The molecule has 0 spiro atoms. The molecule has 4 heterocycles.